The van der Waals surface area contributed by atoms with Gasteiger partial charge in [-0.05, 0) is 72.1 Å². The second-order valence-corrected chi connectivity index (χ2v) is 12.4. The number of aromatic carboxylic acids is 1. The lowest BCUT2D eigenvalue weighted by molar-refractivity contribution is -0.190. The number of Topliss-reactive ketones (excluding diaryl/α,β-unsaturated/α-hetero) is 1. The van der Waals surface area contributed by atoms with E-state index in [1.165, 1.54) is 6.07 Å². The monoisotopic (exact) mass is 482 g/mol. The summed E-state index contributed by atoms with van der Waals surface area (Å²) in [6, 6.07) is 1.35. The number of benzene rings is 1. The maximum Gasteiger partial charge on any atom is 0.340 e. The number of hydrogen-bond donors (Lipinski definition) is 4. The molecule has 1 aromatic carbocycles. The van der Waals surface area contributed by atoms with E-state index >= 15 is 0 Å². The summed E-state index contributed by atoms with van der Waals surface area (Å²) in [5, 5.41) is 41.5. The molecule has 3 fully saturated rings. The van der Waals surface area contributed by atoms with Crippen molar-refractivity contribution < 1.29 is 34.8 Å². The number of ketones is 2. The van der Waals surface area contributed by atoms with Crippen LogP contribution in [0.4, 0.5) is 0 Å². The highest BCUT2D eigenvalue weighted by Gasteiger charge is 2.68. The molecule has 0 aliphatic heterocycles. The van der Waals surface area contributed by atoms with E-state index in [1.54, 1.807) is 6.08 Å². The van der Waals surface area contributed by atoms with Crippen LogP contribution in [0.5, 0.6) is 11.5 Å². The summed E-state index contributed by atoms with van der Waals surface area (Å²) in [7, 11) is 0. The quantitative estimate of drug-likeness (QED) is 0.437. The number of carboxylic acids is 1. The lowest BCUT2D eigenvalue weighted by Crippen LogP contribution is -2.65. The van der Waals surface area contributed by atoms with Crippen LogP contribution in [0.25, 0.3) is 0 Å². The van der Waals surface area contributed by atoms with Gasteiger partial charge in [0.15, 0.2) is 23.1 Å². The summed E-state index contributed by atoms with van der Waals surface area (Å²) in [6.45, 7) is 10.3. The van der Waals surface area contributed by atoms with Crippen molar-refractivity contribution in [2.24, 2.45) is 28.1 Å². The van der Waals surface area contributed by atoms with Gasteiger partial charge in [0.25, 0.3) is 0 Å². The molecule has 1 aromatic rings. The molecule has 0 bridgehead atoms. The topological polar surface area (TPSA) is 132 Å². The molecule has 3 saturated carbocycles. The Balaban J connectivity index is 1.71. The normalized spacial score (nSPS) is 42.3. The fourth-order valence-electron chi connectivity index (χ4n) is 8.52. The van der Waals surface area contributed by atoms with Gasteiger partial charge in [-0.1, -0.05) is 34.6 Å². The molecule has 7 atom stereocenters. The summed E-state index contributed by atoms with van der Waals surface area (Å²) in [6.07, 6.45) is 3.92. The summed E-state index contributed by atoms with van der Waals surface area (Å²) in [5.74, 6) is -3.54. The van der Waals surface area contributed by atoms with Crippen molar-refractivity contribution >= 4 is 17.5 Å². The molecule has 35 heavy (non-hydrogen) atoms. The minimum absolute atomic E-state index is 0.0563. The minimum atomic E-state index is -1.46. The zero-order chi connectivity index (χ0) is 25.9. The molecule has 0 saturated heterocycles. The average molecular weight is 483 g/mol. The number of aromatic hydroxyl groups is 2. The third kappa shape index (κ3) is 2.68. The average Bonchev–Trinajstić information content (AvgIpc) is 2.79. The first-order valence-corrected chi connectivity index (χ1v) is 12.4. The molecule has 0 unspecified atom stereocenters. The maximum absolute atomic E-state index is 13.5. The number of phenols is 2. The molecule has 188 valence electrons. The Bertz CT molecular complexity index is 1230. The highest BCUT2D eigenvalue weighted by Crippen LogP contribution is 2.73. The second kappa shape index (κ2) is 6.96. The Hall–Kier alpha value is -2.67. The Morgan fingerprint density at radius 3 is 2.31 bits per heavy atom. The molecular weight excluding hydrogens is 448 g/mol. The zero-order valence-corrected chi connectivity index (χ0v) is 20.9. The van der Waals surface area contributed by atoms with E-state index in [0.29, 0.717) is 31.2 Å². The number of phenolic OH excluding ortho intramolecular Hbond substituents is 1. The van der Waals surface area contributed by atoms with Gasteiger partial charge in [-0.25, -0.2) is 4.79 Å². The molecule has 4 N–H and O–H groups in total. The second-order valence-electron chi connectivity index (χ2n) is 12.4. The molecule has 0 amide bonds. The van der Waals surface area contributed by atoms with Gasteiger partial charge in [-0.15, -0.1) is 0 Å². The zero-order valence-electron chi connectivity index (χ0n) is 20.9. The first-order valence-electron chi connectivity index (χ1n) is 12.4. The van der Waals surface area contributed by atoms with Crippen molar-refractivity contribution in [3.05, 3.63) is 34.4 Å². The van der Waals surface area contributed by atoms with E-state index in [2.05, 4.69) is 13.8 Å². The van der Waals surface area contributed by atoms with E-state index in [0.717, 1.165) is 12.0 Å². The fourth-order valence-corrected chi connectivity index (χ4v) is 8.52. The molecule has 0 radical (unpaired) electrons. The molecule has 0 heterocycles. The molecule has 5 rings (SSSR count). The number of carboxylic acid groups (broad SMARTS) is 1. The van der Waals surface area contributed by atoms with Crippen molar-refractivity contribution in [3.8, 4) is 11.5 Å². The lowest BCUT2D eigenvalue weighted by atomic mass is 9.35. The van der Waals surface area contributed by atoms with Gasteiger partial charge in [-0.2, -0.15) is 0 Å². The van der Waals surface area contributed by atoms with Crippen molar-refractivity contribution in [1.29, 1.82) is 0 Å². The number of aliphatic hydroxyl groups excluding tert-OH is 1. The molecule has 4 aliphatic carbocycles. The van der Waals surface area contributed by atoms with Gasteiger partial charge in [0, 0.05) is 22.3 Å². The van der Waals surface area contributed by atoms with Gasteiger partial charge < -0.3 is 20.4 Å². The van der Waals surface area contributed by atoms with E-state index in [1.807, 2.05) is 20.8 Å². The van der Waals surface area contributed by atoms with Crippen molar-refractivity contribution in [3.63, 3.8) is 0 Å². The fraction of sp³-hybridized carbons (Fsp3) is 0.607. The predicted octanol–water partition coefficient (Wildman–Crippen LogP) is 4.37. The van der Waals surface area contributed by atoms with Crippen LogP contribution in [0.2, 0.25) is 0 Å². The van der Waals surface area contributed by atoms with Gasteiger partial charge >= 0.3 is 5.97 Å². The molecule has 0 spiro atoms. The highest BCUT2D eigenvalue weighted by molar-refractivity contribution is 6.15. The first-order chi connectivity index (χ1) is 16.1. The van der Waals surface area contributed by atoms with Crippen LogP contribution >= 0.6 is 0 Å². The van der Waals surface area contributed by atoms with Crippen LogP contribution in [-0.2, 0) is 10.2 Å². The highest BCUT2D eigenvalue weighted by atomic mass is 16.4. The first kappa shape index (κ1) is 24.0. The van der Waals surface area contributed by atoms with Gasteiger partial charge in [0.2, 0.25) is 0 Å². The number of hydrogen-bond acceptors (Lipinski definition) is 6. The van der Waals surface area contributed by atoms with E-state index in [-0.39, 0.29) is 28.6 Å². The smallest absolute Gasteiger partial charge is 0.340 e. The lowest BCUT2D eigenvalue weighted by Gasteiger charge is -2.69. The molecule has 7 nitrogen and oxygen atoms in total. The molecular formula is C28H34O7. The van der Waals surface area contributed by atoms with Crippen LogP contribution in [0, 0.1) is 28.1 Å². The van der Waals surface area contributed by atoms with Crippen molar-refractivity contribution in [2.45, 2.75) is 78.2 Å². The number of fused-ring (bicyclic) bond motifs is 7. The van der Waals surface area contributed by atoms with Gasteiger partial charge in [0.05, 0.1) is 0 Å². The maximum atomic E-state index is 13.5. The standard InChI is InChI=1S/C28H34O7/c1-13-10-17-26(3,23(33)21(13)31)7-9-28(5)18-12-15(29)19-14(25(18,2)6-8-27(17,28)4)11-16(30)22(32)20(19)24(34)35/h11-13,17,23,30,32-33H,6-10H2,1-5H3,(H,34,35)/t13-,17-,23-,25+,26-,27+,28-/m1/s1. The van der Waals surface area contributed by atoms with Crippen LogP contribution in [0.1, 0.15) is 93.0 Å². The molecule has 4 aliphatic rings. The predicted molar refractivity (Wildman–Crippen MR) is 128 cm³/mol. The van der Waals surface area contributed by atoms with Gasteiger partial charge in [-0.3, -0.25) is 9.59 Å². The molecule has 0 aromatic heterocycles. The number of carbonyl (C=O) groups excluding carboxylic acids is 2. The Morgan fingerprint density at radius 1 is 1.03 bits per heavy atom. The van der Waals surface area contributed by atoms with Crippen LogP contribution in [0.3, 0.4) is 0 Å². The number of carbonyl (C=O) groups is 3. The Morgan fingerprint density at radius 2 is 1.69 bits per heavy atom. The van der Waals surface area contributed by atoms with Crippen LogP contribution < -0.4 is 0 Å². The largest absolute Gasteiger partial charge is 0.504 e. The van der Waals surface area contributed by atoms with Crippen LogP contribution in [-0.4, -0.2) is 44.1 Å². The summed E-state index contributed by atoms with van der Waals surface area (Å²) in [5.41, 5.74) is -1.23. The summed E-state index contributed by atoms with van der Waals surface area (Å²) >= 11 is 0. The van der Waals surface area contributed by atoms with Crippen LogP contribution in [0.15, 0.2) is 17.7 Å². The van der Waals surface area contributed by atoms with Gasteiger partial charge in [0.1, 0.15) is 11.7 Å². The molecule has 7 heteroatoms. The SMILES string of the molecule is C[C@@H]1C[C@@H]2[C@@](C)(CC[C@]3(C)C4=CC(=O)c5c(cc(O)c(O)c5C(=O)O)[C@]4(C)CC[C@@]23C)[C@H](O)C1=O. The van der Waals surface area contributed by atoms with Crippen molar-refractivity contribution in [2.75, 3.05) is 0 Å². The number of allylic oxidation sites excluding steroid dienone is 2. The number of rotatable bonds is 1. The Labute approximate surface area is 204 Å². The Kier molecular flexibility index (Phi) is 4.78. The van der Waals surface area contributed by atoms with Crippen molar-refractivity contribution in [1.82, 2.24) is 0 Å². The third-order valence-corrected chi connectivity index (χ3v) is 10.9. The summed E-state index contributed by atoms with van der Waals surface area (Å²) in [4.78, 5) is 38.2. The summed E-state index contributed by atoms with van der Waals surface area (Å²) < 4.78 is 0. The number of aliphatic hydroxyl groups is 1. The minimum Gasteiger partial charge on any atom is -0.504 e. The third-order valence-electron chi connectivity index (χ3n) is 10.9. The van der Waals surface area contributed by atoms with E-state index < -0.39 is 51.2 Å². The van der Waals surface area contributed by atoms with E-state index in [4.69, 9.17) is 0 Å². The van der Waals surface area contributed by atoms with E-state index in [9.17, 15) is 34.8 Å².